The smallest absolute Gasteiger partial charge is 0.252 e. The third kappa shape index (κ3) is 4.97. The van der Waals surface area contributed by atoms with E-state index in [1.807, 2.05) is 30.3 Å². The van der Waals surface area contributed by atoms with Gasteiger partial charge in [0.15, 0.2) is 0 Å². The lowest BCUT2D eigenvalue weighted by Gasteiger charge is -2.12. The summed E-state index contributed by atoms with van der Waals surface area (Å²) in [5.41, 5.74) is 11.7. The first-order valence-corrected chi connectivity index (χ1v) is 10.7. The van der Waals surface area contributed by atoms with Crippen LogP contribution < -0.4 is 20.9 Å². The fourth-order valence-corrected chi connectivity index (χ4v) is 4.04. The Labute approximate surface area is 175 Å². The summed E-state index contributed by atoms with van der Waals surface area (Å²) in [6.07, 6.45) is 0. The van der Waals surface area contributed by atoms with Gasteiger partial charge in [0, 0.05) is 6.54 Å². The molecule has 0 unspecified atom stereocenters. The van der Waals surface area contributed by atoms with Crippen molar-refractivity contribution in [3.05, 3.63) is 83.9 Å². The Hall–Kier alpha value is -3.36. The molecule has 0 aromatic heterocycles. The van der Waals surface area contributed by atoms with Crippen molar-refractivity contribution in [2.24, 2.45) is 11.5 Å². The summed E-state index contributed by atoms with van der Waals surface area (Å²) < 4.78 is 37.0. The molecule has 0 aliphatic heterocycles. The molecule has 0 aliphatic rings. The van der Waals surface area contributed by atoms with Crippen LogP contribution in [0.5, 0.6) is 11.5 Å². The number of primary amides is 1. The summed E-state index contributed by atoms with van der Waals surface area (Å²) in [7, 11) is -3.86. The number of hydrogen-bond donors (Lipinski definition) is 2. The summed E-state index contributed by atoms with van der Waals surface area (Å²) in [6.45, 7) is 0.907. The van der Waals surface area contributed by atoms with Gasteiger partial charge in [-0.3, -0.25) is 4.79 Å². The minimum Gasteiger partial charge on any atom is -0.492 e. The van der Waals surface area contributed by atoms with E-state index in [0.717, 1.165) is 5.56 Å². The first-order valence-electron chi connectivity index (χ1n) is 9.20. The van der Waals surface area contributed by atoms with Gasteiger partial charge in [-0.05, 0) is 48.0 Å². The van der Waals surface area contributed by atoms with E-state index < -0.39 is 15.7 Å². The maximum atomic E-state index is 13.0. The van der Waals surface area contributed by atoms with E-state index in [2.05, 4.69) is 0 Å². The predicted molar refractivity (Wildman–Crippen MR) is 112 cm³/mol. The zero-order chi connectivity index (χ0) is 21.6. The third-order valence-electron chi connectivity index (χ3n) is 4.28. The van der Waals surface area contributed by atoms with Gasteiger partial charge in [-0.1, -0.05) is 30.3 Å². The van der Waals surface area contributed by atoms with Gasteiger partial charge in [0.2, 0.25) is 9.84 Å². The normalized spacial score (nSPS) is 11.1. The van der Waals surface area contributed by atoms with Gasteiger partial charge in [0.25, 0.3) is 5.91 Å². The maximum Gasteiger partial charge on any atom is 0.252 e. The molecule has 8 heteroatoms. The Morgan fingerprint density at radius 3 is 2.17 bits per heavy atom. The molecule has 0 aliphatic carbocycles. The average molecular weight is 426 g/mol. The summed E-state index contributed by atoms with van der Waals surface area (Å²) in [4.78, 5) is 11.9. The summed E-state index contributed by atoms with van der Waals surface area (Å²) in [6, 6.07) is 19.4. The quantitative estimate of drug-likeness (QED) is 0.542. The van der Waals surface area contributed by atoms with Crippen LogP contribution in [0, 0.1) is 0 Å². The monoisotopic (exact) mass is 426 g/mol. The number of benzene rings is 3. The number of amides is 1. The zero-order valence-corrected chi connectivity index (χ0v) is 17.0. The first-order chi connectivity index (χ1) is 14.4. The molecule has 7 nitrogen and oxygen atoms in total. The number of hydrogen-bond acceptors (Lipinski definition) is 6. The highest BCUT2D eigenvalue weighted by Crippen LogP contribution is 2.28. The van der Waals surface area contributed by atoms with E-state index in [0.29, 0.717) is 18.9 Å². The number of sulfone groups is 1. The maximum absolute atomic E-state index is 13.0. The van der Waals surface area contributed by atoms with Gasteiger partial charge in [-0.2, -0.15) is 0 Å². The fourth-order valence-electron chi connectivity index (χ4n) is 2.76. The van der Waals surface area contributed by atoms with E-state index >= 15 is 0 Å². The van der Waals surface area contributed by atoms with Crippen molar-refractivity contribution in [3.8, 4) is 11.5 Å². The molecule has 0 heterocycles. The molecular formula is C22H22N2O5S. The minimum absolute atomic E-state index is 0.00472. The number of carbonyl (C=O) groups is 1. The van der Waals surface area contributed by atoms with Crippen LogP contribution >= 0.6 is 0 Å². The molecule has 1 amide bonds. The fraction of sp³-hybridized carbons (Fsp3) is 0.136. The van der Waals surface area contributed by atoms with Crippen LogP contribution in [0.2, 0.25) is 0 Å². The summed E-state index contributed by atoms with van der Waals surface area (Å²) in [5.74, 6) is -0.0432. The molecule has 156 valence electrons. The zero-order valence-electron chi connectivity index (χ0n) is 16.2. The van der Waals surface area contributed by atoms with Gasteiger partial charge in [-0.25, -0.2) is 8.42 Å². The Bertz CT molecular complexity index is 1110. The lowest BCUT2D eigenvalue weighted by atomic mass is 10.2. The lowest BCUT2D eigenvalue weighted by Crippen LogP contribution is -2.14. The second kappa shape index (κ2) is 9.43. The Balaban J connectivity index is 1.86. The predicted octanol–water partition coefficient (Wildman–Crippen LogP) is 2.53. The van der Waals surface area contributed by atoms with Gasteiger partial charge >= 0.3 is 0 Å². The number of ether oxygens (including phenoxy) is 2. The van der Waals surface area contributed by atoms with Gasteiger partial charge < -0.3 is 20.9 Å². The Kier molecular flexibility index (Phi) is 6.71. The van der Waals surface area contributed by atoms with Crippen molar-refractivity contribution in [2.45, 2.75) is 16.4 Å². The van der Waals surface area contributed by atoms with Crippen molar-refractivity contribution < 1.29 is 22.7 Å². The molecule has 3 aromatic carbocycles. The lowest BCUT2D eigenvalue weighted by molar-refractivity contribution is 0.0995. The second-order valence-corrected chi connectivity index (χ2v) is 8.36. The number of nitrogens with two attached hydrogens (primary N) is 2. The van der Waals surface area contributed by atoms with Crippen molar-refractivity contribution in [1.82, 2.24) is 0 Å². The van der Waals surface area contributed by atoms with Crippen LogP contribution in [-0.4, -0.2) is 27.5 Å². The van der Waals surface area contributed by atoms with Gasteiger partial charge in [-0.15, -0.1) is 0 Å². The molecule has 0 saturated heterocycles. The molecule has 0 saturated carbocycles. The highest BCUT2D eigenvalue weighted by Gasteiger charge is 2.21. The van der Waals surface area contributed by atoms with Crippen LogP contribution in [0.15, 0.2) is 82.6 Å². The molecule has 3 aromatic rings. The van der Waals surface area contributed by atoms with Crippen molar-refractivity contribution in [2.75, 3.05) is 13.2 Å². The molecular weight excluding hydrogens is 404 g/mol. The van der Waals surface area contributed by atoms with Gasteiger partial charge in [0.1, 0.15) is 24.7 Å². The van der Waals surface area contributed by atoms with Crippen LogP contribution in [0.4, 0.5) is 0 Å². The van der Waals surface area contributed by atoms with E-state index in [4.69, 9.17) is 20.9 Å². The second-order valence-electron chi connectivity index (χ2n) is 6.41. The van der Waals surface area contributed by atoms with Crippen LogP contribution in [0.25, 0.3) is 0 Å². The topological polar surface area (TPSA) is 122 Å². The van der Waals surface area contributed by atoms with E-state index in [1.54, 1.807) is 12.1 Å². The third-order valence-corrected chi connectivity index (χ3v) is 6.05. The summed E-state index contributed by atoms with van der Waals surface area (Å²) in [5, 5.41) is 0. The molecule has 0 bridgehead atoms. The highest BCUT2D eigenvalue weighted by atomic mass is 32.2. The van der Waals surface area contributed by atoms with Crippen molar-refractivity contribution in [3.63, 3.8) is 0 Å². The molecule has 0 radical (unpaired) electrons. The first kappa shape index (κ1) is 21.4. The molecule has 3 rings (SSSR count). The largest absolute Gasteiger partial charge is 0.492 e. The van der Waals surface area contributed by atoms with Crippen molar-refractivity contribution in [1.29, 1.82) is 0 Å². The van der Waals surface area contributed by atoms with E-state index in [9.17, 15) is 13.2 Å². The minimum atomic E-state index is -3.86. The number of rotatable bonds is 9. The standard InChI is InChI=1S/C22H22N2O5S/c23-12-13-28-17-6-8-18(9-7-17)30(26,27)19-10-11-21(20(14-19)22(24)25)29-15-16-4-2-1-3-5-16/h1-11,14H,12-13,15,23H2,(H2,24,25). The molecule has 30 heavy (non-hydrogen) atoms. The van der Waals surface area contributed by atoms with Gasteiger partial charge in [0.05, 0.1) is 15.4 Å². The SMILES string of the molecule is NCCOc1ccc(S(=O)(=O)c2ccc(OCc3ccccc3)c(C(N)=O)c2)cc1. The van der Waals surface area contributed by atoms with E-state index in [-0.39, 0.29) is 27.7 Å². The van der Waals surface area contributed by atoms with Crippen LogP contribution in [0.3, 0.4) is 0 Å². The average Bonchev–Trinajstić information content (AvgIpc) is 2.77. The Morgan fingerprint density at radius 2 is 1.53 bits per heavy atom. The number of carbonyl (C=O) groups excluding carboxylic acids is 1. The highest BCUT2D eigenvalue weighted by molar-refractivity contribution is 7.91. The molecule has 0 atom stereocenters. The molecule has 0 fully saturated rings. The Morgan fingerprint density at radius 1 is 0.867 bits per heavy atom. The molecule has 0 spiro atoms. The van der Waals surface area contributed by atoms with Crippen molar-refractivity contribution >= 4 is 15.7 Å². The summed E-state index contributed by atoms with van der Waals surface area (Å²) >= 11 is 0. The van der Waals surface area contributed by atoms with E-state index in [1.165, 1.54) is 30.3 Å². The van der Waals surface area contributed by atoms with Crippen LogP contribution in [-0.2, 0) is 16.4 Å². The molecule has 4 N–H and O–H groups in total. The van der Waals surface area contributed by atoms with Crippen LogP contribution in [0.1, 0.15) is 15.9 Å².